The number of nitrogens with one attached hydrogen (secondary N) is 1. The van der Waals surface area contributed by atoms with Crippen molar-refractivity contribution < 1.29 is 42.7 Å². The van der Waals surface area contributed by atoms with E-state index in [4.69, 9.17) is 32.8 Å². The van der Waals surface area contributed by atoms with E-state index in [9.17, 15) is 14.7 Å². The van der Waals surface area contributed by atoms with Crippen molar-refractivity contribution in [2.45, 2.75) is 32.6 Å². The number of ether oxygens (including phenoxy) is 6. The number of para-hydroxylation sites is 1. The topological polar surface area (TPSA) is 135 Å². The fourth-order valence-corrected chi connectivity index (χ4v) is 5.33. The van der Waals surface area contributed by atoms with Crippen LogP contribution in [0.5, 0.6) is 40.2 Å². The number of methoxy groups -OCH3 is 2. The second-order valence-electron chi connectivity index (χ2n) is 9.92. The molecule has 1 atom stereocenters. The van der Waals surface area contributed by atoms with Gasteiger partial charge in [-0.3, -0.25) is 4.79 Å². The lowest BCUT2D eigenvalue weighted by Gasteiger charge is -2.22. The van der Waals surface area contributed by atoms with Crippen LogP contribution in [0.3, 0.4) is 0 Å². The summed E-state index contributed by atoms with van der Waals surface area (Å²) >= 11 is 0. The predicted octanol–water partition coefficient (Wildman–Crippen LogP) is 4.92. The quantitative estimate of drug-likeness (QED) is 0.202. The highest BCUT2D eigenvalue weighted by Gasteiger charge is 2.35. The molecule has 0 bridgehead atoms. The van der Waals surface area contributed by atoms with Gasteiger partial charge in [-0.1, -0.05) is 18.2 Å². The third-order valence-corrected chi connectivity index (χ3v) is 7.29. The van der Waals surface area contributed by atoms with Gasteiger partial charge in [0.1, 0.15) is 11.3 Å². The van der Waals surface area contributed by atoms with Crippen LogP contribution in [-0.4, -0.2) is 51.8 Å². The Morgan fingerprint density at radius 3 is 2.45 bits per heavy atom. The van der Waals surface area contributed by atoms with Crippen LogP contribution in [0.15, 0.2) is 57.7 Å². The fourth-order valence-electron chi connectivity index (χ4n) is 5.33. The maximum atomic E-state index is 13.5. The molecule has 0 fully saturated rings. The summed E-state index contributed by atoms with van der Waals surface area (Å²) < 4.78 is 39.4. The fraction of sp³-hybridized carbons (Fsp3) is 0.333. The molecule has 3 aromatic carbocycles. The molecule has 4 aromatic rings. The van der Waals surface area contributed by atoms with Crippen LogP contribution in [0.1, 0.15) is 42.9 Å². The molecule has 0 spiro atoms. The molecule has 2 N–H and O–H groups in total. The summed E-state index contributed by atoms with van der Waals surface area (Å²) in [4.78, 5) is 26.9. The minimum Gasteiger partial charge on any atom is -0.507 e. The number of amides is 1. The zero-order valence-corrected chi connectivity index (χ0v) is 25.1. The highest BCUT2D eigenvalue weighted by Crippen LogP contribution is 2.53. The van der Waals surface area contributed by atoms with Crippen LogP contribution < -0.4 is 39.4 Å². The van der Waals surface area contributed by atoms with Gasteiger partial charge in [-0.2, -0.15) is 0 Å². The molecule has 0 unspecified atom stereocenters. The van der Waals surface area contributed by atoms with Crippen molar-refractivity contribution in [2.24, 2.45) is 0 Å². The zero-order chi connectivity index (χ0) is 31.2. The molecule has 232 valence electrons. The highest BCUT2D eigenvalue weighted by atomic mass is 16.7. The van der Waals surface area contributed by atoms with Crippen molar-refractivity contribution in [3.05, 3.63) is 75.6 Å². The average Bonchev–Trinajstić information content (AvgIpc) is 3.51. The maximum absolute atomic E-state index is 13.5. The Kier molecular flexibility index (Phi) is 9.32. The summed E-state index contributed by atoms with van der Waals surface area (Å²) in [6, 6.07) is 13.9. The Hall–Kier alpha value is -5.06. The van der Waals surface area contributed by atoms with Gasteiger partial charge in [-0.15, -0.1) is 0 Å². The largest absolute Gasteiger partial charge is 0.507 e. The summed E-state index contributed by atoms with van der Waals surface area (Å²) in [6.07, 6.45) is 0.302. The van der Waals surface area contributed by atoms with Crippen molar-refractivity contribution in [3.8, 4) is 40.2 Å². The van der Waals surface area contributed by atoms with E-state index in [0.717, 1.165) is 5.56 Å². The number of hydrogen-bond donors (Lipinski definition) is 2. The highest BCUT2D eigenvalue weighted by molar-refractivity contribution is 5.85. The van der Waals surface area contributed by atoms with Gasteiger partial charge in [-0.05, 0) is 56.2 Å². The molecule has 1 aromatic heterocycles. The lowest BCUT2D eigenvalue weighted by molar-refractivity contribution is -0.121. The van der Waals surface area contributed by atoms with Crippen LogP contribution in [0.4, 0.5) is 0 Å². The first-order valence-corrected chi connectivity index (χ1v) is 14.3. The van der Waals surface area contributed by atoms with Crippen molar-refractivity contribution in [1.29, 1.82) is 0 Å². The van der Waals surface area contributed by atoms with Crippen LogP contribution >= 0.6 is 0 Å². The van der Waals surface area contributed by atoms with E-state index in [-0.39, 0.29) is 47.5 Å². The first-order valence-electron chi connectivity index (χ1n) is 14.3. The standard InChI is InChI=1S/C33H35NO10/c1-5-40-24-12-11-19(15-25(24)41-6-2)13-14-34-27(35)17-21(28-29(36)20-9-7-8-10-23(20)44-33(28)37)22-16-26(38-3)31-32(30(22)39-4)43-18-42-31/h7-12,15-16,21,36H,5-6,13-14,17-18H2,1-4H3,(H,34,35)/t21-/m1/s1. The Morgan fingerprint density at radius 1 is 0.955 bits per heavy atom. The summed E-state index contributed by atoms with van der Waals surface area (Å²) in [7, 11) is 2.91. The molecular weight excluding hydrogens is 570 g/mol. The van der Waals surface area contributed by atoms with E-state index in [1.807, 2.05) is 32.0 Å². The van der Waals surface area contributed by atoms with Gasteiger partial charge in [0.25, 0.3) is 0 Å². The van der Waals surface area contributed by atoms with E-state index in [0.29, 0.717) is 60.1 Å². The van der Waals surface area contributed by atoms with Crippen LogP contribution in [0.25, 0.3) is 11.0 Å². The molecule has 0 radical (unpaired) electrons. The van der Waals surface area contributed by atoms with E-state index >= 15 is 0 Å². The Balaban J connectivity index is 1.47. The smallest absolute Gasteiger partial charge is 0.343 e. The van der Waals surface area contributed by atoms with Crippen LogP contribution in [0.2, 0.25) is 0 Å². The van der Waals surface area contributed by atoms with Gasteiger partial charge in [0.2, 0.25) is 24.2 Å². The SMILES string of the molecule is CCOc1ccc(CCNC(=O)C[C@H](c2cc(OC)c3c(c2OC)OCO3)c2c(O)c3ccccc3oc2=O)cc1OCC. The summed E-state index contributed by atoms with van der Waals surface area (Å²) in [5.41, 5.74) is 0.679. The van der Waals surface area contributed by atoms with Crippen molar-refractivity contribution in [3.63, 3.8) is 0 Å². The summed E-state index contributed by atoms with van der Waals surface area (Å²) in [5, 5.41) is 14.6. The molecule has 5 rings (SSSR count). The van der Waals surface area contributed by atoms with E-state index in [1.54, 1.807) is 30.3 Å². The second kappa shape index (κ2) is 13.5. The minimum absolute atomic E-state index is 0.0589. The van der Waals surface area contributed by atoms with Gasteiger partial charge in [0.05, 0.1) is 38.4 Å². The minimum atomic E-state index is -0.996. The Labute approximate surface area is 254 Å². The van der Waals surface area contributed by atoms with E-state index < -0.39 is 11.5 Å². The lowest BCUT2D eigenvalue weighted by Crippen LogP contribution is -2.29. The van der Waals surface area contributed by atoms with Crippen molar-refractivity contribution >= 4 is 16.9 Å². The number of aromatic hydroxyl groups is 1. The number of fused-ring (bicyclic) bond motifs is 2. The number of rotatable bonds is 13. The normalized spacial score (nSPS) is 12.5. The van der Waals surface area contributed by atoms with Crippen LogP contribution in [-0.2, 0) is 11.2 Å². The Bertz CT molecular complexity index is 1710. The van der Waals surface area contributed by atoms with Crippen molar-refractivity contribution in [2.75, 3.05) is 40.8 Å². The van der Waals surface area contributed by atoms with E-state index in [2.05, 4.69) is 5.32 Å². The first kappa shape index (κ1) is 30.4. The lowest BCUT2D eigenvalue weighted by atomic mass is 9.86. The predicted molar refractivity (Wildman–Crippen MR) is 162 cm³/mol. The van der Waals surface area contributed by atoms with Gasteiger partial charge in [-0.25, -0.2) is 4.79 Å². The first-order chi connectivity index (χ1) is 21.4. The Morgan fingerprint density at radius 2 is 1.70 bits per heavy atom. The van der Waals surface area contributed by atoms with Crippen LogP contribution in [0, 0.1) is 0 Å². The van der Waals surface area contributed by atoms with Gasteiger partial charge >= 0.3 is 5.63 Å². The number of carbonyl (C=O) groups excluding carboxylic acids is 1. The molecule has 1 aliphatic heterocycles. The zero-order valence-electron chi connectivity index (χ0n) is 25.1. The molecule has 44 heavy (non-hydrogen) atoms. The molecule has 11 heteroatoms. The third kappa shape index (κ3) is 6.03. The average molecular weight is 606 g/mol. The maximum Gasteiger partial charge on any atom is 0.343 e. The van der Waals surface area contributed by atoms with Gasteiger partial charge in [0, 0.05) is 24.4 Å². The second-order valence-corrected chi connectivity index (χ2v) is 9.92. The molecular formula is C33H35NO10. The van der Waals surface area contributed by atoms with E-state index in [1.165, 1.54) is 14.2 Å². The van der Waals surface area contributed by atoms with Gasteiger partial charge < -0.3 is 43.3 Å². The molecule has 2 heterocycles. The molecule has 1 amide bonds. The molecule has 0 saturated heterocycles. The molecule has 0 saturated carbocycles. The molecule has 1 aliphatic rings. The number of benzene rings is 3. The van der Waals surface area contributed by atoms with Crippen molar-refractivity contribution in [1.82, 2.24) is 5.32 Å². The third-order valence-electron chi connectivity index (χ3n) is 7.29. The summed E-state index contributed by atoms with van der Waals surface area (Å²) in [6.45, 7) is 5.07. The monoisotopic (exact) mass is 605 g/mol. The summed E-state index contributed by atoms with van der Waals surface area (Å²) in [5.74, 6) is 0.843. The number of hydrogen-bond acceptors (Lipinski definition) is 10. The van der Waals surface area contributed by atoms with Gasteiger partial charge in [0.15, 0.2) is 23.0 Å². The number of carbonyl (C=O) groups is 1. The molecule has 0 aliphatic carbocycles. The molecule has 11 nitrogen and oxygen atoms in total.